The minimum absolute atomic E-state index is 0.185. The lowest BCUT2D eigenvalue weighted by Gasteiger charge is -2.28. The van der Waals surface area contributed by atoms with Crippen LogP contribution in [0.25, 0.3) is 11.0 Å². The van der Waals surface area contributed by atoms with E-state index in [1.54, 1.807) is 0 Å². The second-order valence-electron chi connectivity index (χ2n) is 6.62. The zero-order chi connectivity index (χ0) is 17.8. The van der Waals surface area contributed by atoms with Crippen LogP contribution in [-0.4, -0.2) is 26.4 Å². The molecular weight excluding hydrogens is 390 g/mol. The normalized spacial score (nSPS) is 15.8. The molecule has 3 aromatic rings. The Bertz CT molecular complexity index is 1050. The average Bonchev–Trinajstić information content (AvgIpc) is 2.56. The highest BCUT2D eigenvalue weighted by atomic mass is 79.9. The maximum Gasteiger partial charge on any atom is 0.201 e. The Morgan fingerprint density at radius 2 is 1.88 bits per heavy atom. The SMILES string of the molecule is CC1(C)Cc2cc(Br)ccc2C(c2nnc3c(F)c(F)ccc3n2)=N1. The Morgan fingerprint density at radius 3 is 2.68 bits per heavy atom. The van der Waals surface area contributed by atoms with Crippen molar-refractivity contribution in [3.63, 3.8) is 0 Å². The van der Waals surface area contributed by atoms with Crippen molar-refractivity contribution >= 4 is 32.7 Å². The summed E-state index contributed by atoms with van der Waals surface area (Å²) in [6.07, 6.45) is 0.784. The molecule has 0 unspecified atom stereocenters. The van der Waals surface area contributed by atoms with E-state index < -0.39 is 11.6 Å². The summed E-state index contributed by atoms with van der Waals surface area (Å²) in [7, 11) is 0. The number of halogens is 3. The van der Waals surface area contributed by atoms with E-state index in [4.69, 9.17) is 4.99 Å². The predicted octanol–water partition coefficient (Wildman–Crippen LogP) is 4.24. The van der Waals surface area contributed by atoms with Crippen LogP contribution in [-0.2, 0) is 6.42 Å². The third kappa shape index (κ3) is 2.82. The number of nitrogens with zero attached hydrogens (tertiary/aromatic N) is 4. The molecule has 0 saturated heterocycles. The van der Waals surface area contributed by atoms with Crippen LogP contribution in [0.2, 0.25) is 0 Å². The topological polar surface area (TPSA) is 51.0 Å². The molecule has 4 nitrogen and oxygen atoms in total. The number of hydrogen-bond acceptors (Lipinski definition) is 4. The van der Waals surface area contributed by atoms with Crippen molar-refractivity contribution in [1.82, 2.24) is 15.2 Å². The lowest BCUT2D eigenvalue weighted by molar-refractivity contribution is 0.511. The first-order valence-electron chi connectivity index (χ1n) is 7.71. The smallest absolute Gasteiger partial charge is 0.201 e. The van der Waals surface area contributed by atoms with Gasteiger partial charge in [0.15, 0.2) is 17.2 Å². The highest BCUT2D eigenvalue weighted by Crippen LogP contribution is 2.30. The molecule has 1 aromatic heterocycles. The van der Waals surface area contributed by atoms with Crippen LogP contribution in [0.5, 0.6) is 0 Å². The van der Waals surface area contributed by atoms with Crippen LogP contribution in [0.4, 0.5) is 8.78 Å². The largest absolute Gasteiger partial charge is 0.274 e. The van der Waals surface area contributed by atoms with Gasteiger partial charge in [0.25, 0.3) is 0 Å². The molecule has 126 valence electrons. The Balaban J connectivity index is 1.93. The van der Waals surface area contributed by atoms with Crippen LogP contribution in [0.15, 0.2) is 39.8 Å². The number of fused-ring (bicyclic) bond motifs is 2. The molecule has 2 heterocycles. The molecular formula is C18H13BrF2N4. The van der Waals surface area contributed by atoms with Gasteiger partial charge in [-0.05, 0) is 50.1 Å². The Hall–Kier alpha value is -2.28. The fourth-order valence-electron chi connectivity index (χ4n) is 3.03. The predicted molar refractivity (Wildman–Crippen MR) is 94.8 cm³/mol. The van der Waals surface area contributed by atoms with Gasteiger partial charge in [0.2, 0.25) is 5.82 Å². The second kappa shape index (κ2) is 5.62. The molecule has 1 aliphatic rings. The molecule has 0 aliphatic carbocycles. The van der Waals surface area contributed by atoms with Crippen molar-refractivity contribution in [2.75, 3.05) is 0 Å². The average molecular weight is 403 g/mol. The van der Waals surface area contributed by atoms with Crippen LogP contribution in [0, 0.1) is 11.6 Å². The van der Waals surface area contributed by atoms with Gasteiger partial charge in [-0.15, -0.1) is 10.2 Å². The molecule has 2 aromatic carbocycles. The molecule has 0 N–H and O–H groups in total. The lowest BCUT2D eigenvalue weighted by Crippen LogP contribution is -2.30. The number of aliphatic imine (C=N–C) groups is 1. The monoisotopic (exact) mass is 402 g/mol. The highest BCUT2D eigenvalue weighted by molar-refractivity contribution is 9.10. The lowest BCUT2D eigenvalue weighted by atomic mass is 9.87. The summed E-state index contributed by atoms with van der Waals surface area (Å²) in [5.74, 6) is -1.71. The van der Waals surface area contributed by atoms with E-state index >= 15 is 0 Å². The summed E-state index contributed by atoms with van der Waals surface area (Å²) in [6.45, 7) is 4.06. The molecule has 1 aliphatic heterocycles. The van der Waals surface area contributed by atoms with Gasteiger partial charge in [-0.25, -0.2) is 13.8 Å². The molecule has 0 bridgehead atoms. The molecule has 0 radical (unpaired) electrons. The zero-order valence-electron chi connectivity index (χ0n) is 13.5. The number of benzene rings is 2. The van der Waals surface area contributed by atoms with Gasteiger partial charge in [-0.3, -0.25) is 4.99 Å². The summed E-state index contributed by atoms with van der Waals surface area (Å²) in [5.41, 5.74) is 2.39. The standard InChI is InChI=1S/C18H13BrF2N4/c1-18(2)8-9-7-10(19)3-4-11(9)15(23-18)17-22-13-6-5-12(20)14(21)16(13)24-25-17/h3-7H,8H2,1-2H3. The molecule has 0 amide bonds. The van der Waals surface area contributed by atoms with Crippen LogP contribution >= 0.6 is 15.9 Å². The van der Waals surface area contributed by atoms with Crippen LogP contribution < -0.4 is 0 Å². The van der Waals surface area contributed by atoms with Gasteiger partial charge in [0.05, 0.1) is 11.1 Å². The molecule has 25 heavy (non-hydrogen) atoms. The molecule has 0 fully saturated rings. The van der Waals surface area contributed by atoms with Crippen molar-refractivity contribution in [2.45, 2.75) is 25.8 Å². The first-order chi connectivity index (χ1) is 11.8. The maximum absolute atomic E-state index is 13.8. The number of hydrogen-bond donors (Lipinski definition) is 0. The van der Waals surface area contributed by atoms with E-state index in [1.807, 2.05) is 26.0 Å². The summed E-state index contributed by atoms with van der Waals surface area (Å²) in [5, 5.41) is 7.85. The second-order valence-corrected chi connectivity index (χ2v) is 7.53. The van der Waals surface area contributed by atoms with Crippen molar-refractivity contribution in [2.24, 2.45) is 4.99 Å². The third-order valence-corrected chi connectivity index (χ3v) is 4.58. The molecule has 0 saturated carbocycles. The van der Waals surface area contributed by atoms with Crippen molar-refractivity contribution in [1.29, 1.82) is 0 Å². The summed E-state index contributed by atoms with van der Waals surface area (Å²) in [4.78, 5) is 9.14. The fraction of sp³-hybridized carbons (Fsp3) is 0.222. The highest BCUT2D eigenvalue weighted by Gasteiger charge is 2.29. The minimum atomic E-state index is -1.04. The number of aromatic nitrogens is 3. The zero-order valence-corrected chi connectivity index (χ0v) is 15.1. The molecule has 0 atom stereocenters. The minimum Gasteiger partial charge on any atom is -0.274 e. The van der Waals surface area contributed by atoms with Crippen molar-refractivity contribution in [3.8, 4) is 0 Å². The van der Waals surface area contributed by atoms with Crippen molar-refractivity contribution < 1.29 is 8.78 Å². The van der Waals surface area contributed by atoms with E-state index in [-0.39, 0.29) is 16.6 Å². The van der Waals surface area contributed by atoms with E-state index in [0.717, 1.165) is 28.1 Å². The molecule has 0 spiro atoms. The molecule has 4 rings (SSSR count). The maximum atomic E-state index is 13.8. The van der Waals surface area contributed by atoms with Crippen LogP contribution in [0.1, 0.15) is 30.8 Å². The first kappa shape index (κ1) is 16.2. The van der Waals surface area contributed by atoms with Gasteiger partial charge in [-0.1, -0.05) is 22.0 Å². The van der Waals surface area contributed by atoms with E-state index in [2.05, 4.69) is 37.2 Å². The van der Waals surface area contributed by atoms with E-state index in [1.165, 1.54) is 6.07 Å². The Morgan fingerprint density at radius 1 is 1.08 bits per heavy atom. The quantitative estimate of drug-likeness (QED) is 0.611. The van der Waals surface area contributed by atoms with Gasteiger partial charge in [-0.2, -0.15) is 0 Å². The van der Waals surface area contributed by atoms with Crippen molar-refractivity contribution in [3.05, 3.63) is 63.4 Å². The van der Waals surface area contributed by atoms with Gasteiger partial charge >= 0.3 is 0 Å². The van der Waals surface area contributed by atoms with Crippen LogP contribution in [0.3, 0.4) is 0 Å². The van der Waals surface area contributed by atoms with E-state index in [9.17, 15) is 8.78 Å². The molecule has 7 heteroatoms. The van der Waals surface area contributed by atoms with Gasteiger partial charge in [0, 0.05) is 10.0 Å². The summed E-state index contributed by atoms with van der Waals surface area (Å²) >= 11 is 3.49. The fourth-order valence-corrected chi connectivity index (χ4v) is 3.44. The van der Waals surface area contributed by atoms with E-state index in [0.29, 0.717) is 11.5 Å². The Kier molecular flexibility index (Phi) is 3.64. The van der Waals surface area contributed by atoms with Gasteiger partial charge in [0.1, 0.15) is 5.71 Å². The Labute approximate surface area is 151 Å². The first-order valence-corrected chi connectivity index (χ1v) is 8.51. The third-order valence-electron chi connectivity index (χ3n) is 4.09. The van der Waals surface area contributed by atoms with Gasteiger partial charge < -0.3 is 0 Å². The summed E-state index contributed by atoms with van der Waals surface area (Å²) in [6, 6.07) is 8.36. The number of rotatable bonds is 1. The summed E-state index contributed by atoms with van der Waals surface area (Å²) < 4.78 is 28.2.